The molecule has 19 heavy (non-hydrogen) atoms. The summed E-state index contributed by atoms with van der Waals surface area (Å²) in [4.78, 5) is 4.32. The molecule has 0 amide bonds. The Balaban J connectivity index is 2.30. The van der Waals surface area contributed by atoms with Crippen LogP contribution in [0.3, 0.4) is 0 Å². The first-order chi connectivity index (χ1) is 9.06. The van der Waals surface area contributed by atoms with E-state index in [-0.39, 0.29) is 6.04 Å². The van der Waals surface area contributed by atoms with E-state index in [4.69, 9.17) is 10.5 Å². The molecule has 1 unspecified atom stereocenters. The molecular formula is C16H20N2O. The second-order valence-corrected chi connectivity index (χ2v) is 5.02. The van der Waals surface area contributed by atoms with Gasteiger partial charge >= 0.3 is 0 Å². The summed E-state index contributed by atoms with van der Waals surface area (Å²) in [5, 5.41) is 0. The molecule has 0 aliphatic carbocycles. The predicted octanol–water partition coefficient (Wildman–Crippen LogP) is 3.38. The number of hydrogen-bond acceptors (Lipinski definition) is 3. The molecule has 1 heterocycles. The van der Waals surface area contributed by atoms with Gasteiger partial charge in [-0.3, -0.25) is 0 Å². The first-order valence-electron chi connectivity index (χ1n) is 6.51. The highest BCUT2D eigenvalue weighted by atomic mass is 16.5. The van der Waals surface area contributed by atoms with Gasteiger partial charge in [-0.25, -0.2) is 4.98 Å². The van der Waals surface area contributed by atoms with Gasteiger partial charge < -0.3 is 10.5 Å². The molecule has 3 nitrogen and oxygen atoms in total. The second-order valence-electron chi connectivity index (χ2n) is 5.02. The molecule has 1 atom stereocenters. The molecule has 0 spiro atoms. The van der Waals surface area contributed by atoms with E-state index < -0.39 is 0 Å². The van der Waals surface area contributed by atoms with Gasteiger partial charge in [-0.05, 0) is 50.5 Å². The van der Waals surface area contributed by atoms with Crippen molar-refractivity contribution in [2.45, 2.75) is 33.2 Å². The van der Waals surface area contributed by atoms with E-state index in [1.54, 1.807) is 6.20 Å². The third-order valence-corrected chi connectivity index (χ3v) is 2.94. The summed E-state index contributed by atoms with van der Waals surface area (Å²) in [5.41, 5.74) is 9.17. The Morgan fingerprint density at radius 3 is 2.79 bits per heavy atom. The standard InChI is InChI=1S/C16H20N2O/c1-11-6-7-12(2)15(9-11)19-16-14(10-13(3)17)5-4-8-18-16/h4-9,13H,10,17H2,1-3H3. The normalized spacial score (nSPS) is 12.2. The van der Waals surface area contributed by atoms with Crippen molar-refractivity contribution >= 4 is 0 Å². The Labute approximate surface area is 114 Å². The minimum atomic E-state index is 0.0881. The molecule has 1 aromatic heterocycles. The smallest absolute Gasteiger partial charge is 0.222 e. The number of aromatic nitrogens is 1. The first-order valence-corrected chi connectivity index (χ1v) is 6.51. The maximum atomic E-state index is 5.96. The van der Waals surface area contributed by atoms with Crippen molar-refractivity contribution in [1.82, 2.24) is 4.98 Å². The van der Waals surface area contributed by atoms with E-state index >= 15 is 0 Å². The van der Waals surface area contributed by atoms with E-state index in [1.807, 2.05) is 39.0 Å². The fraction of sp³-hybridized carbons (Fsp3) is 0.312. The van der Waals surface area contributed by atoms with Crippen LogP contribution in [0.25, 0.3) is 0 Å². The van der Waals surface area contributed by atoms with Crippen LogP contribution >= 0.6 is 0 Å². The molecule has 2 aromatic rings. The van der Waals surface area contributed by atoms with Gasteiger partial charge in [0.1, 0.15) is 5.75 Å². The maximum absolute atomic E-state index is 5.96. The molecule has 3 heteroatoms. The van der Waals surface area contributed by atoms with Crippen molar-refractivity contribution < 1.29 is 4.74 Å². The van der Waals surface area contributed by atoms with Crippen LogP contribution in [0.4, 0.5) is 0 Å². The number of ether oxygens (including phenoxy) is 1. The van der Waals surface area contributed by atoms with Gasteiger partial charge in [0.25, 0.3) is 0 Å². The Hall–Kier alpha value is -1.87. The van der Waals surface area contributed by atoms with Crippen LogP contribution in [0, 0.1) is 13.8 Å². The quantitative estimate of drug-likeness (QED) is 0.912. The number of nitrogens with zero attached hydrogens (tertiary/aromatic N) is 1. The molecule has 0 aliphatic rings. The van der Waals surface area contributed by atoms with E-state index in [9.17, 15) is 0 Å². The van der Waals surface area contributed by atoms with Crippen LogP contribution in [0.2, 0.25) is 0 Å². The number of aryl methyl sites for hydroxylation is 2. The Morgan fingerprint density at radius 2 is 2.05 bits per heavy atom. The zero-order valence-corrected chi connectivity index (χ0v) is 11.7. The van der Waals surface area contributed by atoms with Gasteiger partial charge in [-0.2, -0.15) is 0 Å². The molecule has 2 rings (SSSR count). The average molecular weight is 256 g/mol. The van der Waals surface area contributed by atoms with E-state index in [1.165, 1.54) is 5.56 Å². The summed E-state index contributed by atoms with van der Waals surface area (Å²) in [6, 6.07) is 10.2. The van der Waals surface area contributed by atoms with Crippen molar-refractivity contribution in [3.63, 3.8) is 0 Å². The van der Waals surface area contributed by atoms with Crippen molar-refractivity contribution in [2.24, 2.45) is 5.73 Å². The molecule has 2 N–H and O–H groups in total. The van der Waals surface area contributed by atoms with Crippen molar-refractivity contribution in [3.05, 3.63) is 53.2 Å². The Morgan fingerprint density at radius 1 is 1.26 bits per heavy atom. The Kier molecular flexibility index (Phi) is 4.17. The lowest BCUT2D eigenvalue weighted by molar-refractivity contribution is 0.450. The van der Waals surface area contributed by atoms with Crippen molar-refractivity contribution in [2.75, 3.05) is 0 Å². The molecule has 0 bridgehead atoms. The first kappa shape index (κ1) is 13.6. The number of rotatable bonds is 4. The topological polar surface area (TPSA) is 48.1 Å². The summed E-state index contributed by atoms with van der Waals surface area (Å²) < 4.78 is 5.96. The predicted molar refractivity (Wildman–Crippen MR) is 77.6 cm³/mol. The minimum absolute atomic E-state index is 0.0881. The third kappa shape index (κ3) is 3.55. The maximum Gasteiger partial charge on any atom is 0.222 e. The van der Waals surface area contributed by atoms with Crippen LogP contribution in [0.5, 0.6) is 11.6 Å². The minimum Gasteiger partial charge on any atom is -0.438 e. The monoisotopic (exact) mass is 256 g/mol. The van der Waals surface area contributed by atoms with Gasteiger partial charge in [-0.15, -0.1) is 0 Å². The van der Waals surface area contributed by atoms with Gasteiger partial charge in [-0.1, -0.05) is 18.2 Å². The SMILES string of the molecule is Cc1ccc(C)c(Oc2ncccc2CC(C)N)c1. The summed E-state index contributed by atoms with van der Waals surface area (Å²) >= 11 is 0. The number of hydrogen-bond donors (Lipinski definition) is 1. The Bertz CT molecular complexity index is 564. The van der Waals surface area contributed by atoms with Crippen LogP contribution < -0.4 is 10.5 Å². The summed E-state index contributed by atoms with van der Waals surface area (Å²) in [7, 11) is 0. The lowest BCUT2D eigenvalue weighted by atomic mass is 10.1. The highest BCUT2D eigenvalue weighted by Gasteiger charge is 2.09. The molecule has 0 saturated carbocycles. The highest BCUT2D eigenvalue weighted by molar-refractivity contribution is 5.40. The van der Waals surface area contributed by atoms with Gasteiger partial charge in [0.15, 0.2) is 0 Å². The second kappa shape index (κ2) is 5.85. The average Bonchev–Trinajstić information content (AvgIpc) is 2.35. The van der Waals surface area contributed by atoms with E-state index in [0.29, 0.717) is 5.88 Å². The molecule has 100 valence electrons. The molecule has 0 radical (unpaired) electrons. The van der Waals surface area contributed by atoms with Crippen LogP contribution in [0.1, 0.15) is 23.6 Å². The molecule has 0 aliphatic heterocycles. The highest BCUT2D eigenvalue weighted by Crippen LogP contribution is 2.27. The lowest BCUT2D eigenvalue weighted by Crippen LogP contribution is -2.18. The fourth-order valence-electron chi connectivity index (χ4n) is 1.94. The number of pyridine rings is 1. The van der Waals surface area contributed by atoms with Crippen LogP contribution in [-0.4, -0.2) is 11.0 Å². The summed E-state index contributed by atoms with van der Waals surface area (Å²) in [6.45, 7) is 6.06. The zero-order valence-electron chi connectivity index (χ0n) is 11.7. The van der Waals surface area contributed by atoms with Gasteiger partial charge in [0.05, 0.1) is 0 Å². The van der Waals surface area contributed by atoms with Crippen molar-refractivity contribution in [1.29, 1.82) is 0 Å². The number of benzene rings is 1. The zero-order chi connectivity index (χ0) is 13.8. The van der Waals surface area contributed by atoms with E-state index in [2.05, 4.69) is 17.1 Å². The molecule has 0 saturated heterocycles. The molecule has 0 fully saturated rings. The number of nitrogens with two attached hydrogens (primary N) is 1. The molecular weight excluding hydrogens is 236 g/mol. The largest absolute Gasteiger partial charge is 0.438 e. The third-order valence-electron chi connectivity index (χ3n) is 2.94. The van der Waals surface area contributed by atoms with Crippen LogP contribution in [-0.2, 0) is 6.42 Å². The van der Waals surface area contributed by atoms with Crippen molar-refractivity contribution in [3.8, 4) is 11.6 Å². The summed E-state index contributed by atoms with van der Waals surface area (Å²) in [5.74, 6) is 1.50. The van der Waals surface area contributed by atoms with Gasteiger partial charge in [0, 0.05) is 17.8 Å². The lowest BCUT2D eigenvalue weighted by Gasteiger charge is -2.13. The fourth-order valence-corrected chi connectivity index (χ4v) is 1.94. The van der Waals surface area contributed by atoms with E-state index in [0.717, 1.165) is 23.3 Å². The van der Waals surface area contributed by atoms with Crippen LogP contribution in [0.15, 0.2) is 36.5 Å². The summed E-state index contributed by atoms with van der Waals surface area (Å²) in [6.07, 6.45) is 2.50. The molecule has 1 aromatic carbocycles. The van der Waals surface area contributed by atoms with Gasteiger partial charge in [0.2, 0.25) is 5.88 Å².